The van der Waals surface area contributed by atoms with E-state index in [4.69, 9.17) is 9.84 Å². The zero-order valence-corrected chi connectivity index (χ0v) is 11.1. The highest BCUT2D eigenvalue weighted by Crippen LogP contribution is 2.22. The number of hydrogen-bond donors (Lipinski definition) is 3. The summed E-state index contributed by atoms with van der Waals surface area (Å²) in [4.78, 5) is 22.4. The molecule has 18 heavy (non-hydrogen) atoms. The largest absolute Gasteiger partial charge is 0.481 e. The summed E-state index contributed by atoms with van der Waals surface area (Å²) in [6, 6.07) is -0.511. The quantitative estimate of drug-likeness (QED) is 0.662. The van der Waals surface area contributed by atoms with Gasteiger partial charge in [-0.05, 0) is 18.8 Å². The Labute approximate surface area is 107 Å². The van der Waals surface area contributed by atoms with Crippen LogP contribution in [-0.4, -0.2) is 42.4 Å². The van der Waals surface area contributed by atoms with Gasteiger partial charge in [-0.1, -0.05) is 13.8 Å². The smallest absolute Gasteiger partial charge is 0.315 e. The highest BCUT2D eigenvalue weighted by atomic mass is 16.5. The average Bonchev–Trinajstić information content (AvgIpc) is 2.20. The number of carbonyl (C=O) groups is 2. The lowest BCUT2D eigenvalue weighted by Crippen LogP contribution is -2.53. The Hall–Kier alpha value is -1.30. The number of ether oxygens (including phenoxy) is 1. The van der Waals surface area contributed by atoms with Gasteiger partial charge in [0, 0.05) is 19.2 Å². The number of methoxy groups -OCH3 is 1. The molecule has 1 unspecified atom stereocenters. The number of nitrogens with one attached hydrogen (secondary N) is 2. The first kappa shape index (κ1) is 14.8. The number of hydrogen-bond acceptors (Lipinski definition) is 3. The molecule has 1 aliphatic rings. The Morgan fingerprint density at radius 3 is 2.44 bits per heavy atom. The molecule has 0 spiro atoms. The third kappa shape index (κ3) is 4.52. The molecule has 0 saturated heterocycles. The summed E-state index contributed by atoms with van der Waals surface area (Å²) in [5.74, 6) is -0.822. The van der Waals surface area contributed by atoms with Crippen molar-refractivity contribution in [3.63, 3.8) is 0 Å². The fraction of sp³-hybridized carbons (Fsp3) is 0.833. The lowest BCUT2D eigenvalue weighted by atomic mass is 9.89. The Morgan fingerprint density at radius 2 is 2.00 bits per heavy atom. The summed E-state index contributed by atoms with van der Waals surface area (Å²) in [6.07, 6.45) is 1.80. The second-order valence-corrected chi connectivity index (χ2v) is 5.09. The van der Waals surface area contributed by atoms with Gasteiger partial charge in [0.2, 0.25) is 0 Å². The van der Waals surface area contributed by atoms with Crippen molar-refractivity contribution in [1.82, 2.24) is 10.6 Å². The molecule has 0 aromatic carbocycles. The third-order valence-electron chi connectivity index (χ3n) is 3.28. The normalized spacial score (nSPS) is 24.2. The Bertz CT molecular complexity index is 300. The van der Waals surface area contributed by atoms with Crippen LogP contribution in [0.3, 0.4) is 0 Å². The SMILES string of the molecule is COC1CC(NC(=O)NC(CC(=O)O)C(C)C)C1. The van der Waals surface area contributed by atoms with E-state index in [0.717, 1.165) is 12.8 Å². The first-order valence-electron chi connectivity index (χ1n) is 6.24. The summed E-state index contributed by atoms with van der Waals surface area (Å²) in [5, 5.41) is 14.3. The monoisotopic (exact) mass is 258 g/mol. The minimum Gasteiger partial charge on any atom is -0.481 e. The number of carboxylic acids is 1. The van der Waals surface area contributed by atoms with Gasteiger partial charge in [-0.25, -0.2) is 4.79 Å². The van der Waals surface area contributed by atoms with Crippen LogP contribution in [0.4, 0.5) is 4.79 Å². The molecule has 0 aromatic rings. The van der Waals surface area contributed by atoms with Crippen LogP contribution >= 0.6 is 0 Å². The van der Waals surface area contributed by atoms with Crippen LogP contribution in [0.15, 0.2) is 0 Å². The molecule has 1 aliphatic carbocycles. The van der Waals surface area contributed by atoms with Crippen molar-refractivity contribution in [1.29, 1.82) is 0 Å². The summed E-state index contributed by atoms with van der Waals surface area (Å²) >= 11 is 0. The molecule has 0 radical (unpaired) electrons. The first-order valence-corrected chi connectivity index (χ1v) is 6.24. The van der Waals surface area contributed by atoms with E-state index >= 15 is 0 Å². The molecule has 0 aromatic heterocycles. The van der Waals surface area contributed by atoms with Gasteiger partial charge in [0.25, 0.3) is 0 Å². The molecule has 2 amide bonds. The van der Waals surface area contributed by atoms with Gasteiger partial charge in [0.1, 0.15) is 0 Å². The fourth-order valence-corrected chi connectivity index (χ4v) is 1.91. The van der Waals surface area contributed by atoms with Crippen LogP contribution in [0.2, 0.25) is 0 Å². The Morgan fingerprint density at radius 1 is 1.39 bits per heavy atom. The zero-order valence-electron chi connectivity index (χ0n) is 11.1. The van der Waals surface area contributed by atoms with Gasteiger partial charge in [-0.2, -0.15) is 0 Å². The van der Waals surface area contributed by atoms with Crippen molar-refractivity contribution in [2.24, 2.45) is 5.92 Å². The van der Waals surface area contributed by atoms with Crippen LogP contribution in [-0.2, 0) is 9.53 Å². The van der Waals surface area contributed by atoms with E-state index in [-0.39, 0.29) is 36.6 Å². The van der Waals surface area contributed by atoms with Gasteiger partial charge < -0.3 is 20.5 Å². The fourth-order valence-electron chi connectivity index (χ4n) is 1.91. The molecule has 1 atom stereocenters. The molecule has 0 heterocycles. The predicted octanol–water partition coefficient (Wildman–Crippen LogP) is 0.962. The predicted molar refractivity (Wildman–Crippen MR) is 66.4 cm³/mol. The molecule has 6 nitrogen and oxygen atoms in total. The molecular weight excluding hydrogens is 236 g/mol. The second kappa shape index (κ2) is 6.58. The Kier molecular flexibility index (Phi) is 5.40. The van der Waals surface area contributed by atoms with E-state index in [9.17, 15) is 9.59 Å². The van der Waals surface area contributed by atoms with Crippen LogP contribution < -0.4 is 10.6 Å². The van der Waals surface area contributed by atoms with E-state index in [1.54, 1.807) is 7.11 Å². The molecular formula is C12H22N2O4. The first-order chi connectivity index (χ1) is 8.42. The molecule has 6 heteroatoms. The number of aliphatic carboxylic acids is 1. The van der Waals surface area contributed by atoms with Crippen molar-refractivity contribution >= 4 is 12.0 Å². The van der Waals surface area contributed by atoms with E-state index in [1.165, 1.54) is 0 Å². The highest BCUT2D eigenvalue weighted by Gasteiger charge is 2.30. The lowest BCUT2D eigenvalue weighted by molar-refractivity contribution is -0.137. The lowest BCUT2D eigenvalue weighted by Gasteiger charge is -2.35. The van der Waals surface area contributed by atoms with Gasteiger partial charge in [-0.3, -0.25) is 4.79 Å². The van der Waals surface area contributed by atoms with E-state index in [2.05, 4.69) is 10.6 Å². The summed E-state index contributed by atoms with van der Waals surface area (Å²) in [5.41, 5.74) is 0. The summed E-state index contributed by atoms with van der Waals surface area (Å²) < 4.78 is 5.12. The maximum atomic E-state index is 11.7. The number of carboxylic acid groups (broad SMARTS) is 1. The van der Waals surface area contributed by atoms with Crippen LogP contribution in [0.5, 0.6) is 0 Å². The maximum Gasteiger partial charge on any atom is 0.315 e. The minimum atomic E-state index is -0.905. The molecule has 3 N–H and O–H groups in total. The maximum absolute atomic E-state index is 11.7. The molecule has 0 bridgehead atoms. The number of rotatable bonds is 6. The zero-order chi connectivity index (χ0) is 13.7. The van der Waals surface area contributed by atoms with Gasteiger partial charge in [0.05, 0.1) is 12.5 Å². The van der Waals surface area contributed by atoms with Crippen molar-refractivity contribution < 1.29 is 19.4 Å². The third-order valence-corrected chi connectivity index (χ3v) is 3.28. The topological polar surface area (TPSA) is 87.7 Å². The molecule has 1 fully saturated rings. The number of amides is 2. The number of urea groups is 1. The van der Waals surface area contributed by atoms with Crippen LogP contribution in [0, 0.1) is 5.92 Å². The van der Waals surface area contributed by atoms with Crippen molar-refractivity contribution in [2.75, 3.05) is 7.11 Å². The van der Waals surface area contributed by atoms with Crippen molar-refractivity contribution in [3.8, 4) is 0 Å². The van der Waals surface area contributed by atoms with E-state index in [1.807, 2.05) is 13.8 Å². The van der Waals surface area contributed by atoms with Crippen LogP contribution in [0.25, 0.3) is 0 Å². The van der Waals surface area contributed by atoms with Gasteiger partial charge in [-0.15, -0.1) is 0 Å². The molecule has 0 aliphatic heterocycles. The minimum absolute atomic E-state index is 0.0591. The van der Waals surface area contributed by atoms with Crippen molar-refractivity contribution in [3.05, 3.63) is 0 Å². The standard InChI is InChI=1S/C12H22N2O4/c1-7(2)10(6-11(15)16)14-12(17)13-8-4-9(5-8)18-3/h7-10H,4-6H2,1-3H3,(H,15,16)(H2,13,14,17). The van der Waals surface area contributed by atoms with Crippen molar-refractivity contribution in [2.45, 2.75) is 51.3 Å². The summed E-state index contributed by atoms with van der Waals surface area (Å²) in [6.45, 7) is 3.77. The van der Waals surface area contributed by atoms with Crippen LogP contribution in [0.1, 0.15) is 33.1 Å². The molecule has 1 rings (SSSR count). The molecule has 104 valence electrons. The Balaban J connectivity index is 2.31. The van der Waals surface area contributed by atoms with E-state index in [0.29, 0.717) is 0 Å². The highest BCUT2D eigenvalue weighted by molar-refractivity contribution is 5.76. The van der Waals surface area contributed by atoms with Gasteiger partial charge >= 0.3 is 12.0 Å². The second-order valence-electron chi connectivity index (χ2n) is 5.09. The van der Waals surface area contributed by atoms with Gasteiger partial charge in [0.15, 0.2) is 0 Å². The van der Waals surface area contributed by atoms with E-state index < -0.39 is 5.97 Å². The molecule has 1 saturated carbocycles. The summed E-state index contributed by atoms with van der Waals surface area (Å²) in [7, 11) is 1.66. The number of carbonyl (C=O) groups excluding carboxylic acids is 1. The average molecular weight is 258 g/mol.